The van der Waals surface area contributed by atoms with Crippen molar-refractivity contribution in [1.82, 2.24) is 15.6 Å². The van der Waals surface area contributed by atoms with Crippen LogP contribution in [-0.2, 0) is 11.2 Å². The maximum absolute atomic E-state index is 12.3. The molecule has 1 aromatic heterocycles. The lowest BCUT2D eigenvalue weighted by molar-refractivity contribution is -0.117. The molecule has 28 heavy (non-hydrogen) atoms. The van der Waals surface area contributed by atoms with Gasteiger partial charge in [-0.05, 0) is 37.1 Å². The zero-order valence-corrected chi connectivity index (χ0v) is 15.9. The minimum absolute atomic E-state index is 0.0351. The predicted octanol–water partition coefficient (Wildman–Crippen LogP) is 3.12. The van der Waals surface area contributed by atoms with Crippen LogP contribution in [-0.4, -0.2) is 36.1 Å². The van der Waals surface area contributed by atoms with E-state index >= 15 is 0 Å². The van der Waals surface area contributed by atoms with Crippen LogP contribution in [0.4, 0.5) is 10.5 Å². The highest BCUT2D eigenvalue weighted by molar-refractivity contribution is 5.96. The summed E-state index contributed by atoms with van der Waals surface area (Å²) in [5.41, 5.74) is 4.31. The molecule has 0 radical (unpaired) electrons. The number of hydrogen-bond donors (Lipinski definition) is 3. The molecule has 0 aliphatic carbocycles. The minimum Gasteiger partial charge on any atom is -0.361 e. The van der Waals surface area contributed by atoms with E-state index in [1.807, 2.05) is 55.6 Å². The van der Waals surface area contributed by atoms with E-state index in [4.69, 9.17) is 0 Å². The number of amides is 3. The van der Waals surface area contributed by atoms with Crippen LogP contribution in [0.5, 0.6) is 0 Å². The molecule has 0 spiro atoms. The number of anilines is 1. The van der Waals surface area contributed by atoms with Gasteiger partial charge in [-0.3, -0.25) is 4.79 Å². The highest BCUT2D eigenvalue weighted by Gasteiger charge is 2.31. The molecule has 6 nitrogen and oxygen atoms in total. The van der Waals surface area contributed by atoms with Crippen LogP contribution in [0.15, 0.2) is 54.7 Å². The number of H-pyrrole nitrogens is 1. The number of benzene rings is 2. The number of para-hydroxylation sites is 1. The standard InChI is InChI=1S/C22H24N4O2/c1-15-6-8-18(9-7-15)26-14-17(12-21(26)27)25-22(28)23-11-10-16-13-24-20-5-3-2-4-19(16)20/h2-9,13,17,24H,10-12,14H2,1H3,(H2,23,25,28)/t17-/m0/s1. The van der Waals surface area contributed by atoms with Crippen LogP contribution in [0.1, 0.15) is 17.5 Å². The number of fused-ring (bicyclic) bond motifs is 1. The molecule has 0 unspecified atom stereocenters. The van der Waals surface area contributed by atoms with Gasteiger partial charge in [-0.15, -0.1) is 0 Å². The molecule has 1 fully saturated rings. The number of aromatic nitrogens is 1. The van der Waals surface area contributed by atoms with E-state index in [9.17, 15) is 9.59 Å². The van der Waals surface area contributed by atoms with E-state index in [1.54, 1.807) is 4.90 Å². The molecule has 1 saturated heterocycles. The fourth-order valence-electron chi connectivity index (χ4n) is 3.66. The average Bonchev–Trinajstić information content (AvgIpc) is 3.26. The zero-order valence-electron chi connectivity index (χ0n) is 15.9. The Hall–Kier alpha value is -3.28. The van der Waals surface area contributed by atoms with Gasteiger partial charge in [0.2, 0.25) is 5.91 Å². The second-order valence-corrected chi connectivity index (χ2v) is 7.25. The van der Waals surface area contributed by atoms with E-state index in [-0.39, 0.29) is 18.0 Å². The van der Waals surface area contributed by atoms with Gasteiger partial charge in [0, 0.05) is 42.3 Å². The highest BCUT2D eigenvalue weighted by atomic mass is 16.2. The summed E-state index contributed by atoms with van der Waals surface area (Å²) in [5, 5.41) is 6.99. The number of rotatable bonds is 5. The molecule has 1 atom stereocenters. The Morgan fingerprint density at radius 3 is 2.79 bits per heavy atom. The van der Waals surface area contributed by atoms with Gasteiger partial charge in [0.15, 0.2) is 0 Å². The van der Waals surface area contributed by atoms with Crippen molar-refractivity contribution in [3.8, 4) is 0 Å². The molecule has 1 aliphatic heterocycles. The number of urea groups is 1. The Labute approximate surface area is 163 Å². The topological polar surface area (TPSA) is 77.2 Å². The van der Waals surface area contributed by atoms with Crippen molar-refractivity contribution in [1.29, 1.82) is 0 Å². The molecular weight excluding hydrogens is 352 g/mol. The maximum atomic E-state index is 12.3. The fourth-order valence-corrected chi connectivity index (χ4v) is 3.66. The van der Waals surface area contributed by atoms with E-state index in [0.717, 1.165) is 23.2 Å². The number of nitrogens with one attached hydrogen (secondary N) is 3. The van der Waals surface area contributed by atoms with Gasteiger partial charge in [0.05, 0.1) is 6.04 Å². The van der Waals surface area contributed by atoms with Crippen molar-refractivity contribution in [3.05, 3.63) is 65.9 Å². The molecule has 3 aromatic rings. The second-order valence-electron chi connectivity index (χ2n) is 7.25. The zero-order chi connectivity index (χ0) is 19.5. The number of aryl methyl sites for hydroxylation is 1. The normalized spacial score (nSPS) is 16.5. The molecule has 2 aromatic carbocycles. The Bertz CT molecular complexity index is 993. The van der Waals surface area contributed by atoms with Crippen molar-refractivity contribution in [2.24, 2.45) is 0 Å². The third kappa shape index (κ3) is 3.86. The summed E-state index contributed by atoms with van der Waals surface area (Å²) in [7, 11) is 0. The third-order valence-corrected chi connectivity index (χ3v) is 5.16. The Kier molecular flexibility index (Phi) is 5.02. The molecule has 144 valence electrons. The number of carbonyl (C=O) groups excluding carboxylic acids is 2. The quantitative estimate of drug-likeness (QED) is 0.640. The van der Waals surface area contributed by atoms with Crippen LogP contribution < -0.4 is 15.5 Å². The first-order valence-electron chi connectivity index (χ1n) is 9.56. The lowest BCUT2D eigenvalue weighted by Gasteiger charge is -2.17. The van der Waals surface area contributed by atoms with Crippen LogP contribution in [0, 0.1) is 6.92 Å². The first-order chi connectivity index (χ1) is 13.6. The Morgan fingerprint density at radius 2 is 1.96 bits per heavy atom. The third-order valence-electron chi connectivity index (χ3n) is 5.16. The van der Waals surface area contributed by atoms with Gasteiger partial charge in [-0.2, -0.15) is 0 Å². The number of hydrogen-bond acceptors (Lipinski definition) is 2. The largest absolute Gasteiger partial charge is 0.361 e. The van der Waals surface area contributed by atoms with E-state index in [2.05, 4.69) is 21.7 Å². The molecule has 3 amide bonds. The molecule has 4 rings (SSSR count). The van der Waals surface area contributed by atoms with E-state index in [0.29, 0.717) is 19.5 Å². The van der Waals surface area contributed by atoms with Gasteiger partial charge < -0.3 is 20.5 Å². The van der Waals surface area contributed by atoms with Crippen molar-refractivity contribution in [2.75, 3.05) is 18.0 Å². The first-order valence-corrected chi connectivity index (χ1v) is 9.56. The minimum atomic E-state index is -0.233. The first kappa shape index (κ1) is 18.1. The molecule has 0 saturated carbocycles. The van der Waals surface area contributed by atoms with Crippen LogP contribution in [0.25, 0.3) is 10.9 Å². The van der Waals surface area contributed by atoms with Crippen molar-refractivity contribution < 1.29 is 9.59 Å². The van der Waals surface area contributed by atoms with Crippen molar-refractivity contribution in [2.45, 2.75) is 25.8 Å². The molecule has 0 bridgehead atoms. The highest BCUT2D eigenvalue weighted by Crippen LogP contribution is 2.22. The summed E-state index contributed by atoms with van der Waals surface area (Å²) in [5.74, 6) is 0.0351. The van der Waals surface area contributed by atoms with Crippen LogP contribution >= 0.6 is 0 Å². The van der Waals surface area contributed by atoms with Gasteiger partial charge in [-0.1, -0.05) is 35.9 Å². The number of nitrogens with zero attached hydrogens (tertiary/aromatic N) is 1. The summed E-state index contributed by atoms with van der Waals surface area (Å²) >= 11 is 0. The van der Waals surface area contributed by atoms with Gasteiger partial charge in [-0.25, -0.2) is 4.79 Å². The number of carbonyl (C=O) groups is 2. The maximum Gasteiger partial charge on any atom is 0.315 e. The molecule has 1 aliphatic rings. The summed E-state index contributed by atoms with van der Waals surface area (Å²) in [6, 6.07) is 15.6. The Balaban J connectivity index is 1.27. The Morgan fingerprint density at radius 1 is 1.18 bits per heavy atom. The van der Waals surface area contributed by atoms with Crippen LogP contribution in [0.3, 0.4) is 0 Å². The van der Waals surface area contributed by atoms with Gasteiger partial charge in [0.25, 0.3) is 0 Å². The number of aromatic amines is 1. The van der Waals surface area contributed by atoms with Crippen molar-refractivity contribution in [3.63, 3.8) is 0 Å². The lowest BCUT2D eigenvalue weighted by Crippen LogP contribution is -2.43. The summed E-state index contributed by atoms with van der Waals surface area (Å²) in [4.78, 5) is 29.5. The predicted molar refractivity (Wildman–Crippen MR) is 110 cm³/mol. The molecule has 2 heterocycles. The molecule has 3 N–H and O–H groups in total. The monoisotopic (exact) mass is 376 g/mol. The average molecular weight is 376 g/mol. The fraction of sp³-hybridized carbons (Fsp3) is 0.273. The smallest absolute Gasteiger partial charge is 0.315 e. The van der Waals surface area contributed by atoms with Crippen molar-refractivity contribution >= 4 is 28.5 Å². The van der Waals surface area contributed by atoms with Gasteiger partial charge in [0.1, 0.15) is 0 Å². The molecule has 6 heteroatoms. The van der Waals surface area contributed by atoms with Gasteiger partial charge >= 0.3 is 6.03 Å². The second kappa shape index (κ2) is 7.76. The summed E-state index contributed by atoms with van der Waals surface area (Å²) in [6.45, 7) is 3.05. The van der Waals surface area contributed by atoms with Crippen LogP contribution in [0.2, 0.25) is 0 Å². The van der Waals surface area contributed by atoms with E-state index in [1.165, 1.54) is 10.9 Å². The molecular formula is C22H24N4O2. The van der Waals surface area contributed by atoms with E-state index < -0.39 is 0 Å². The summed E-state index contributed by atoms with van der Waals surface area (Å²) in [6.07, 6.45) is 3.06. The summed E-state index contributed by atoms with van der Waals surface area (Å²) < 4.78 is 0. The lowest BCUT2D eigenvalue weighted by atomic mass is 10.1. The SMILES string of the molecule is Cc1ccc(N2C[C@@H](NC(=O)NCCc3c[nH]c4ccccc34)CC2=O)cc1.